The molecule has 0 unspecified atom stereocenters. The van der Waals surface area contributed by atoms with Crippen LogP contribution in [0.15, 0.2) is 49.0 Å². The molecule has 4 rings (SSSR count). The Kier molecular flexibility index (Phi) is 4.67. The first-order valence-electron chi connectivity index (χ1n) is 9.25. The van der Waals surface area contributed by atoms with E-state index in [2.05, 4.69) is 24.0 Å². The van der Waals surface area contributed by atoms with Gasteiger partial charge in [0.1, 0.15) is 18.9 Å². The van der Waals surface area contributed by atoms with Gasteiger partial charge in [0, 0.05) is 16.8 Å². The van der Waals surface area contributed by atoms with Crippen molar-refractivity contribution in [1.82, 2.24) is 10.2 Å². The molecule has 0 fully saturated rings. The van der Waals surface area contributed by atoms with Crippen molar-refractivity contribution in [3.8, 4) is 5.75 Å². The van der Waals surface area contributed by atoms with E-state index in [0.29, 0.717) is 24.4 Å². The number of benzene rings is 2. The van der Waals surface area contributed by atoms with Crippen molar-refractivity contribution < 1.29 is 14.3 Å². The maximum Gasteiger partial charge on any atom is 0.259 e. The Balaban J connectivity index is 1.25. The summed E-state index contributed by atoms with van der Waals surface area (Å²) in [5.74, 6) is 0.429. The first kappa shape index (κ1) is 17.3. The molecule has 0 saturated carbocycles. The number of carbonyl (C=O) groups excluding carboxylic acids is 2. The van der Waals surface area contributed by atoms with E-state index in [-0.39, 0.29) is 18.4 Å². The first-order chi connectivity index (χ1) is 13.1. The van der Waals surface area contributed by atoms with E-state index in [1.165, 1.54) is 22.4 Å². The number of fused-ring (bicyclic) bond motifs is 2. The average molecular weight is 362 g/mol. The van der Waals surface area contributed by atoms with Crippen LogP contribution >= 0.6 is 0 Å². The number of hydrogen-bond donors (Lipinski definition) is 1. The van der Waals surface area contributed by atoms with Crippen molar-refractivity contribution in [1.29, 1.82) is 0 Å². The minimum absolute atomic E-state index is 0.0365. The summed E-state index contributed by atoms with van der Waals surface area (Å²) in [7, 11) is 0. The van der Waals surface area contributed by atoms with Crippen LogP contribution in [0.4, 0.5) is 0 Å². The van der Waals surface area contributed by atoms with E-state index in [1.54, 1.807) is 6.07 Å². The molecule has 2 aromatic carbocycles. The van der Waals surface area contributed by atoms with Gasteiger partial charge in [0.05, 0.1) is 6.54 Å². The highest BCUT2D eigenvalue weighted by Crippen LogP contribution is 2.30. The van der Waals surface area contributed by atoms with Gasteiger partial charge in [-0.25, -0.2) is 0 Å². The van der Waals surface area contributed by atoms with E-state index < -0.39 is 0 Å². The summed E-state index contributed by atoms with van der Waals surface area (Å²) in [5.41, 5.74) is 4.72. The molecule has 0 bridgehead atoms. The van der Waals surface area contributed by atoms with Crippen molar-refractivity contribution in [3.05, 3.63) is 71.3 Å². The van der Waals surface area contributed by atoms with Crippen LogP contribution in [0.1, 0.15) is 33.5 Å². The van der Waals surface area contributed by atoms with Crippen molar-refractivity contribution >= 4 is 17.5 Å². The number of nitrogens with zero attached hydrogens (tertiary/aromatic N) is 1. The van der Waals surface area contributed by atoms with Crippen molar-refractivity contribution in [2.75, 3.05) is 19.7 Å². The maximum atomic E-state index is 12.4. The predicted molar refractivity (Wildman–Crippen MR) is 103 cm³/mol. The molecule has 1 heterocycles. The smallest absolute Gasteiger partial charge is 0.259 e. The van der Waals surface area contributed by atoms with E-state index in [9.17, 15) is 9.59 Å². The Morgan fingerprint density at radius 3 is 2.70 bits per heavy atom. The second-order valence-electron chi connectivity index (χ2n) is 6.87. The van der Waals surface area contributed by atoms with Crippen molar-refractivity contribution in [3.63, 3.8) is 0 Å². The number of hydrogen-bond acceptors (Lipinski definition) is 3. The number of aryl methyl sites for hydroxylation is 2. The summed E-state index contributed by atoms with van der Waals surface area (Å²) < 4.78 is 5.73. The lowest BCUT2D eigenvalue weighted by atomic mass is 10.1. The normalized spacial score (nSPS) is 14.9. The highest BCUT2D eigenvalue weighted by atomic mass is 16.5. The van der Waals surface area contributed by atoms with Gasteiger partial charge < -0.3 is 10.1 Å². The molecule has 0 spiro atoms. The van der Waals surface area contributed by atoms with Crippen LogP contribution in [-0.4, -0.2) is 36.4 Å². The van der Waals surface area contributed by atoms with Gasteiger partial charge in [-0.05, 0) is 48.6 Å². The van der Waals surface area contributed by atoms with E-state index in [0.717, 1.165) is 24.2 Å². The molecule has 1 aliphatic heterocycles. The second-order valence-corrected chi connectivity index (χ2v) is 6.87. The fourth-order valence-electron chi connectivity index (χ4n) is 3.70. The fraction of sp³-hybridized carbons (Fsp3) is 0.273. The molecule has 0 radical (unpaired) electrons. The molecule has 2 amide bonds. The molecule has 0 saturated heterocycles. The third kappa shape index (κ3) is 3.45. The Bertz CT molecular complexity index is 885. The van der Waals surface area contributed by atoms with Crippen LogP contribution in [0, 0.1) is 0 Å². The molecule has 0 aromatic heterocycles. The summed E-state index contributed by atoms with van der Waals surface area (Å²) in [4.78, 5) is 26.0. The lowest BCUT2D eigenvalue weighted by Crippen LogP contribution is -2.38. The number of rotatable bonds is 6. The number of nitrogens with one attached hydrogen (secondary N) is 1. The van der Waals surface area contributed by atoms with Crippen LogP contribution in [-0.2, 0) is 17.6 Å². The van der Waals surface area contributed by atoms with Gasteiger partial charge in [0.15, 0.2) is 0 Å². The second kappa shape index (κ2) is 7.27. The summed E-state index contributed by atoms with van der Waals surface area (Å²) in [5, 5.41) is 2.80. The minimum atomic E-state index is -0.227. The Morgan fingerprint density at radius 2 is 1.89 bits per heavy atom. The third-order valence-electron chi connectivity index (χ3n) is 5.10. The lowest BCUT2D eigenvalue weighted by Gasteiger charge is -2.17. The van der Waals surface area contributed by atoms with E-state index in [4.69, 9.17) is 4.74 Å². The third-order valence-corrected chi connectivity index (χ3v) is 5.10. The van der Waals surface area contributed by atoms with E-state index >= 15 is 0 Å². The number of carbonyl (C=O) groups is 2. The quantitative estimate of drug-likeness (QED) is 0.804. The zero-order chi connectivity index (χ0) is 18.8. The molecule has 138 valence electrons. The molecular formula is C22H22N2O3. The van der Waals surface area contributed by atoms with Gasteiger partial charge in [-0.3, -0.25) is 14.5 Å². The largest absolute Gasteiger partial charge is 0.492 e. The summed E-state index contributed by atoms with van der Waals surface area (Å²) in [6, 6.07) is 13.5. The fourth-order valence-corrected chi connectivity index (χ4v) is 3.70. The van der Waals surface area contributed by atoms with Gasteiger partial charge >= 0.3 is 0 Å². The molecule has 27 heavy (non-hydrogen) atoms. The Morgan fingerprint density at radius 1 is 1.11 bits per heavy atom. The summed E-state index contributed by atoms with van der Waals surface area (Å²) >= 11 is 0. The maximum absolute atomic E-state index is 12.4. The van der Waals surface area contributed by atoms with Crippen molar-refractivity contribution in [2.45, 2.75) is 19.3 Å². The molecule has 1 aliphatic carbocycles. The van der Waals surface area contributed by atoms with Gasteiger partial charge in [-0.15, -0.1) is 0 Å². The lowest BCUT2D eigenvalue weighted by molar-refractivity contribution is -0.121. The molecule has 5 nitrogen and oxygen atoms in total. The summed E-state index contributed by atoms with van der Waals surface area (Å²) in [6.07, 6.45) is 3.47. The highest BCUT2D eigenvalue weighted by Gasteiger charge is 2.31. The van der Waals surface area contributed by atoms with Gasteiger partial charge in [-0.1, -0.05) is 30.8 Å². The van der Waals surface area contributed by atoms with Gasteiger partial charge in [0.2, 0.25) is 5.91 Å². The Hall–Kier alpha value is -3.08. The standard InChI is InChI=1S/C22H22N2O3/c1-15-19-7-2-3-8-20(19)22(26)24(15)14-21(25)23-11-12-27-18-10-9-16-5-4-6-17(16)13-18/h2-3,7-10,13H,1,4-6,11-12,14H2,(H,23,25). The zero-order valence-corrected chi connectivity index (χ0v) is 15.2. The molecule has 1 N–H and O–H groups in total. The van der Waals surface area contributed by atoms with Crippen LogP contribution in [0.5, 0.6) is 5.75 Å². The van der Waals surface area contributed by atoms with Gasteiger partial charge in [0.25, 0.3) is 5.91 Å². The van der Waals surface area contributed by atoms with Crippen LogP contribution in [0.2, 0.25) is 0 Å². The van der Waals surface area contributed by atoms with Crippen molar-refractivity contribution in [2.24, 2.45) is 0 Å². The molecular weight excluding hydrogens is 340 g/mol. The molecule has 0 atom stereocenters. The average Bonchev–Trinajstić information content (AvgIpc) is 3.24. The predicted octanol–water partition coefficient (Wildman–Crippen LogP) is 2.80. The Labute approximate surface area is 158 Å². The van der Waals surface area contributed by atoms with Crippen LogP contribution in [0.3, 0.4) is 0 Å². The first-order valence-corrected chi connectivity index (χ1v) is 9.25. The highest BCUT2D eigenvalue weighted by molar-refractivity contribution is 6.10. The molecule has 5 heteroatoms. The zero-order valence-electron chi connectivity index (χ0n) is 15.2. The van der Waals surface area contributed by atoms with Crippen LogP contribution < -0.4 is 10.1 Å². The van der Waals surface area contributed by atoms with E-state index in [1.807, 2.05) is 24.3 Å². The minimum Gasteiger partial charge on any atom is -0.492 e. The number of ether oxygens (including phenoxy) is 1. The topological polar surface area (TPSA) is 58.6 Å². The molecule has 2 aromatic rings. The SMILES string of the molecule is C=C1c2ccccc2C(=O)N1CC(=O)NCCOc1ccc2c(c1)CCC2. The number of amides is 2. The van der Waals surface area contributed by atoms with Gasteiger partial charge in [-0.2, -0.15) is 0 Å². The van der Waals surface area contributed by atoms with Crippen LogP contribution in [0.25, 0.3) is 5.70 Å². The molecule has 2 aliphatic rings. The summed E-state index contributed by atoms with van der Waals surface area (Å²) in [6.45, 7) is 4.68. The monoisotopic (exact) mass is 362 g/mol.